The summed E-state index contributed by atoms with van der Waals surface area (Å²) in [6.07, 6.45) is 0.402. The standard InChI is InChI=1S/C15H12Br2F2O/c1-20-15-5-3-10(16)7-12(15)13(17)6-9-2-4-11(18)8-14(9)19/h2-5,7-8,13H,6H2,1H3. The Morgan fingerprint density at radius 2 is 1.90 bits per heavy atom. The summed E-state index contributed by atoms with van der Waals surface area (Å²) in [7, 11) is 1.59. The second kappa shape index (κ2) is 6.68. The molecule has 0 N–H and O–H groups in total. The number of halogens is 4. The Morgan fingerprint density at radius 1 is 1.15 bits per heavy atom. The van der Waals surface area contributed by atoms with Crippen molar-refractivity contribution in [3.63, 3.8) is 0 Å². The van der Waals surface area contributed by atoms with E-state index in [4.69, 9.17) is 4.74 Å². The van der Waals surface area contributed by atoms with E-state index in [9.17, 15) is 8.78 Å². The highest BCUT2D eigenvalue weighted by Crippen LogP contribution is 2.36. The van der Waals surface area contributed by atoms with Crippen molar-refractivity contribution >= 4 is 31.9 Å². The van der Waals surface area contributed by atoms with Crippen molar-refractivity contribution < 1.29 is 13.5 Å². The van der Waals surface area contributed by atoms with Crippen molar-refractivity contribution in [3.8, 4) is 5.75 Å². The van der Waals surface area contributed by atoms with Gasteiger partial charge in [0.25, 0.3) is 0 Å². The SMILES string of the molecule is COc1ccc(Br)cc1C(Br)Cc1ccc(F)cc1F. The van der Waals surface area contributed by atoms with Gasteiger partial charge in [-0.3, -0.25) is 0 Å². The third-order valence-electron chi connectivity index (χ3n) is 2.94. The summed E-state index contributed by atoms with van der Waals surface area (Å²) < 4.78 is 32.8. The molecule has 106 valence electrons. The minimum absolute atomic E-state index is 0.130. The molecule has 1 atom stereocenters. The average Bonchev–Trinajstić information content (AvgIpc) is 2.41. The summed E-state index contributed by atoms with van der Waals surface area (Å²) in [4.78, 5) is -0.130. The number of benzene rings is 2. The molecule has 0 spiro atoms. The van der Waals surface area contributed by atoms with Crippen molar-refractivity contribution in [2.75, 3.05) is 7.11 Å². The van der Waals surface area contributed by atoms with Crippen LogP contribution in [-0.4, -0.2) is 7.11 Å². The van der Waals surface area contributed by atoms with Crippen LogP contribution in [0.4, 0.5) is 8.78 Å². The zero-order valence-electron chi connectivity index (χ0n) is 10.7. The number of ether oxygens (including phenoxy) is 1. The highest BCUT2D eigenvalue weighted by atomic mass is 79.9. The van der Waals surface area contributed by atoms with Crippen LogP contribution in [0, 0.1) is 11.6 Å². The van der Waals surface area contributed by atoms with E-state index in [1.807, 2.05) is 18.2 Å². The van der Waals surface area contributed by atoms with E-state index in [1.54, 1.807) is 7.11 Å². The first-order valence-electron chi connectivity index (χ1n) is 5.92. The molecule has 0 fully saturated rings. The molecule has 0 bridgehead atoms. The van der Waals surface area contributed by atoms with Gasteiger partial charge in [-0.1, -0.05) is 37.9 Å². The normalized spacial score (nSPS) is 12.2. The fourth-order valence-electron chi connectivity index (χ4n) is 1.94. The van der Waals surface area contributed by atoms with Gasteiger partial charge in [0.1, 0.15) is 17.4 Å². The highest BCUT2D eigenvalue weighted by molar-refractivity contribution is 9.10. The topological polar surface area (TPSA) is 9.23 Å². The van der Waals surface area contributed by atoms with E-state index >= 15 is 0 Å². The summed E-state index contributed by atoms with van der Waals surface area (Å²) >= 11 is 6.94. The van der Waals surface area contributed by atoms with Gasteiger partial charge in [0.15, 0.2) is 0 Å². The molecule has 1 unspecified atom stereocenters. The van der Waals surface area contributed by atoms with Crippen LogP contribution in [0.3, 0.4) is 0 Å². The fourth-order valence-corrected chi connectivity index (χ4v) is 3.03. The minimum Gasteiger partial charge on any atom is -0.496 e. The van der Waals surface area contributed by atoms with Gasteiger partial charge in [0.05, 0.1) is 7.11 Å². The summed E-state index contributed by atoms with van der Waals surface area (Å²) in [5.74, 6) is -0.390. The predicted molar refractivity (Wildman–Crippen MR) is 82.4 cm³/mol. The van der Waals surface area contributed by atoms with Gasteiger partial charge in [-0.05, 0) is 36.2 Å². The van der Waals surface area contributed by atoms with E-state index in [0.717, 1.165) is 21.9 Å². The van der Waals surface area contributed by atoms with Gasteiger partial charge >= 0.3 is 0 Å². The highest BCUT2D eigenvalue weighted by Gasteiger charge is 2.16. The summed E-state index contributed by atoms with van der Waals surface area (Å²) in [6.45, 7) is 0. The molecule has 0 aliphatic heterocycles. The van der Waals surface area contributed by atoms with Crippen LogP contribution >= 0.6 is 31.9 Å². The van der Waals surface area contributed by atoms with Crippen LogP contribution in [0.25, 0.3) is 0 Å². The minimum atomic E-state index is -0.572. The van der Waals surface area contributed by atoms with E-state index in [0.29, 0.717) is 12.0 Å². The lowest BCUT2D eigenvalue weighted by Gasteiger charge is -2.15. The molecule has 20 heavy (non-hydrogen) atoms. The molecular weight excluding hydrogens is 394 g/mol. The Morgan fingerprint density at radius 3 is 2.55 bits per heavy atom. The molecular formula is C15H12Br2F2O. The van der Waals surface area contributed by atoms with Gasteiger partial charge in [0.2, 0.25) is 0 Å². The summed E-state index contributed by atoms with van der Waals surface area (Å²) in [5.41, 5.74) is 1.36. The predicted octanol–water partition coefficient (Wildman–Crippen LogP) is 5.41. The maximum absolute atomic E-state index is 13.7. The van der Waals surface area contributed by atoms with Crippen LogP contribution in [0.15, 0.2) is 40.9 Å². The first-order chi connectivity index (χ1) is 9.51. The van der Waals surface area contributed by atoms with Crippen molar-refractivity contribution in [3.05, 3.63) is 63.6 Å². The molecule has 0 aliphatic rings. The molecule has 0 heterocycles. The Hall–Kier alpha value is -0.940. The number of alkyl halides is 1. The van der Waals surface area contributed by atoms with Crippen LogP contribution in [0.5, 0.6) is 5.75 Å². The molecule has 2 aromatic carbocycles. The fraction of sp³-hybridized carbons (Fsp3) is 0.200. The monoisotopic (exact) mass is 404 g/mol. The molecule has 0 aliphatic carbocycles. The van der Waals surface area contributed by atoms with E-state index in [-0.39, 0.29) is 4.83 Å². The maximum atomic E-state index is 13.7. The molecule has 0 amide bonds. The van der Waals surface area contributed by atoms with Crippen LogP contribution < -0.4 is 4.74 Å². The zero-order chi connectivity index (χ0) is 14.7. The van der Waals surface area contributed by atoms with E-state index < -0.39 is 11.6 Å². The first kappa shape index (κ1) is 15.4. The molecule has 0 saturated carbocycles. The third-order valence-corrected chi connectivity index (χ3v) is 4.25. The lowest BCUT2D eigenvalue weighted by atomic mass is 10.0. The number of methoxy groups -OCH3 is 1. The molecule has 0 radical (unpaired) electrons. The summed E-state index contributed by atoms with van der Waals surface area (Å²) in [5, 5.41) is 0. The van der Waals surface area contributed by atoms with Gasteiger partial charge in [-0.2, -0.15) is 0 Å². The number of hydrogen-bond donors (Lipinski definition) is 0. The molecule has 5 heteroatoms. The van der Waals surface area contributed by atoms with Crippen LogP contribution in [-0.2, 0) is 6.42 Å². The van der Waals surface area contributed by atoms with Gasteiger partial charge in [-0.15, -0.1) is 0 Å². The van der Waals surface area contributed by atoms with Gasteiger partial charge < -0.3 is 4.74 Å². The summed E-state index contributed by atoms with van der Waals surface area (Å²) in [6, 6.07) is 9.25. The first-order valence-corrected chi connectivity index (χ1v) is 7.63. The zero-order valence-corrected chi connectivity index (χ0v) is 13.8. The molecule has 2 aromatic rings. The molecule has 1 nitrogen and oxygen atoms in total. The second-order valence-corrected chi connectivity index (χ2v) is 6.31. The molecule has 0 saturated heterocycles. The molecule has 2 rings (SSSR count). The van der Waals surface area contributed by atoms with Crippen LogP contribution in [0.2, 0.25) is 0 Å². The van der Waals surface area contributed by atoms with E-state index in [2.05, 4.69) is 31.9 Å². The maximum Gasteiger partial charge on any atom is 0.129 e. The number of hydrogen-bond acceptors (Lipinski definition) is 1. The van der Waals surface area contributed by atoms with E-state index in [1.165, 1.54) is 12.1 Å². The second-order valence-electron chi connectivity index (χ2n) is 4.29. The number of rotatable bonds is 4. The Labute approximate surface area is 133 Å². The van der Waals surface area contributed by atoms with Crippen molar-refractivity contribution in [1.82, 2.24) is 0 Å². The van der Waals surface area contributed by atoms with Gasteiger partial charge in [-0.25, -0.2) is 8.78 Å². The largest absolute Gasteiger partial charge is 0.496 e. The smallest absolute Gasteiger partial charge is 0.129 e. The lowest BCUT2D eigenvalue weighted by Crippen LogP contribution is -2.01. The molecule has 0 aromatic heterocycles. The lowest BCUT2D eigenvalue weighted by molar-refractivity contribution is 0.409. The van der Waals surface area contributed by atoms with Gasteiger partial charge in [0, 0.05) is 20.9 Å². The Kier molecular flexibility index (Phi) is 5.16. The van der Waals surface area contributed by atoms with Crippen LogP contribution in [0.1, 0.15) is 16.0 Å². The Bertz CT molecular complexity index is 617. The third kappa shape index (κ3) is 3.58. The Balaban J connectivity index is 2.27. The average molecular weight is 406 g/mol. The van der Waals surface area contributed by atoms with Crippen molar-refractivity contribution in [2.45, 2.75) is 11.2 Å². The quantitative estimate of drug-likeness (QED) is 0.617. The van der Waals surface area contributed by atoms with Crippen molar-refractivity contribution in [1.29, 1.82) is 0 Å². The van der Waals surface area contributed by atoms with Crippen molar-refractivity contribution in [2.24, 2.45) is 0 Å².